The second-order valence-corrected chi connectivity index (χ2v) is 5.18. The maximum absolute atomic E-state index is 12.3. The third-order valence-electron chi connectivity index (χ3n) is 3.70. The zero-order valence-electron chi connectivity index (χ0n) is 12.4. The molecule has 0 aliphatic carbocycles. The van der Waals surface area contributed by atoms with Crippen molar-refractivity contribution in [3.05, 3.63) is 29.8 Å². The lowest BCUT2D eigenvalue weighted by molar-refractivity contribution is -0.133. The van der Waals surface area contributed by atoms with Gasteiger partial charge in [0.1, 0.15) is 5.75 Å². The van der Waals surface area contributed by atoms with Gasteiger partial charge in [-0.15, -0.1) is 0 Å². The summed E-state index contributed by atoms with van der Waals surface area (Å²) in [6.45, 7) is 7.32. The maximum atomic E-state index is 12.3. The second kappa shape index (κ2) is 7.29. The first kappa shape index (κ1) is 14.9. The van der Waals surface area contributed by atoms with Gasteiger partial charge in [-0.25, -0.2) is 0 Å². The molecule has 110 valence electrons. The summed E-state index contributed by atoms with van der Waals surface area (Å²) in [6, 6.07) is 8.26. The van der Waals surface area contributed by atoms with Crippen LogP contribution in [-0.2, 0) is 11.2 Å². The number of rotatable bonds is 5. The van der Waals surface area contributed by atoms with Crippen molar-refractivity contribution in [2.45, 2.75) is 32.7 Å². The maximum Gasteiger partial charge on any atom is 0.223 e. The molecule has 20 heavy (non-hydrogen) atoms. The van der Waals surface area contributed by atoms with Crippen LogP contribution in [-0.4, -0.2) is 43.1 Å². The summed E-state index contributed by atoms with van der Waals surface area (Å²) in [4.78, 5) is 14.3. The number of aryl methyl sites for hydroxylation is 1. The quantitative estimate of drug-likeness (QED) is 0.892. The number of para-hydroxylation sites is 1. The molecular formula is C16H24N2O2. The number of amides is 1. The van der Waals surface area contributed by atoms with E-state index in [1.54, 1.807) is 0 Å². The van der Waals surface area contributed by atoms with Gasteiger partial charge in [0.25, 0.3) is 0 Å². The number of hydrogen-bond acceptors (Lipinski definition) is 3. The van der Waals surface area contributed by atoms with Gasteiger partial charge in [-0.2, -0.15) is 0 Å². The van der Waals surface area contributed by atoms with Crippen molar-refractivity contribution >= 4 is 5.91 Å². The van der Waals surface area contributed by atoms with Crippen molar-refractivity contribution < 1.29 is 9.53 Å². The zero-order chi connectivity index (χ0) is 14.4. The first-order valence-electron chi connectivity index (χ1n) is 7.43. The van der Waals surface area contributed by atoms with E-state index < -0.39 is 0 Å². The molecule has 4 nitrogen and oxygen atoms in total. The molecule has 1 N–H and O–H groups in total. The van der Waals surface area contributed by atoms with Crippen LogP contribution in [0, 0.1) is 0 Å². The molecule has 0 aromatic heterocycles. The van der Waals surface area contributed by atoms with Gasteiger partial charge in [0.15, 0.2) is 0 Å². The molecule has 1 heterocycles. The lowest BCUT2D eigenvalue weighted by Crippen LogP contribution is -2.52. The predicted octanol–water partition coefficient (Wildman–Crippen LogP) is 1.84. The first-order valence-corrected chi connectivity index (χ1v) is 7.43. The summed E-state index contributed by atoms with van der Waals surface area (Å²) in [7, 11) is 0. The molecular weight excluding hydrogens is 252 g/mol. The third kappa shape index (κ3) is 3.73. The van der Waals surface area contributed by atoms with Crippen molar-refractivity contribution in [3.8, 4) is 5.75 Å². The van der Waals surface area contributed by atoms with Crippen molar-refractivity contribution in [2.75, 3.05) is 26.2 Å². The van der Waals surface area contributed by atoms with Crippen molar-refractivity contribution in [2.24, 2.45) is 0 Å². The van der Waals surface area contributed by atoms with Crippen LogP contribution < -0.4 is 10.1 Å². The van der Waals surface area contributed by atoms with E-state index in [9.17, 15) is 4.79 Å². The van der Waals surface area contributed by atoms with Crippen LogP contribution >= 0.6 is 0 Å². The number of piperazine rings is 1. The van der Waals surface area contributed by atoms with Crippen LogP contribution in [0.5, 0.6) is 5.75 Å². The molecule has 4 heteroatoms. The molecule has 0 radical (unpaired) electrons. The van der Waals surface area contributed by atoms with Crippen LogP contribution in [0.15, 0.2) is 24.3 Å². The fourth-order valence-corrected chi connectivity index (χ4v) is 2.60. The lowest BCUT2D eigenvalue weighted by Gasteiger charge is -2.34. The minimum absolute atomic E-state index is 0.241. The van der Waals surface area contributed by atoms with Gasteiger partial charge in [-0.05, 0) is 31.9 Å². The largest absolute Gasteiger partial charge is 0.494 e. The van der Waals surface area contributed by atoms with Crippen molar-refractivity contribution in [3.63, 3.8) is 0 Å². The highest BCUT2D eigenvalue weighted by molar-refractivity contribution is 5.77. The van der Waals surface area contributed by atoms with E-state index in [1.165, 1.54) is 0 Å². The Hall–Kier alpha value is -1.55. The van der Waals surface area contributed by atoms with E-state index in [-0.39, 0.29) is 5.91 Å². The molecule has 2 rings (SSSR count). The van der Waals surface area contributed by atoms with Gasteiger partial charge in [-0.3, -0.25) is 4.79 Å². The van der Waals surface area contributed by atoms with Gasteiger partial charge in [0, 0.05) is 32.1 Å². The van der Waals surface area contributed by atoms with Crippen molar-refractivity contribution in [1.29, 1.82) is 0 Å². The number of hydrogen-bond donors (Lipinski definition) is 1. The van der Waals surface area contributed by atoms with Gasteiger partial charge < -0.3 is 15.0 Å². The second-order valence-electron chi connectivity index (χ2n) is 5.18. The summed E-state index contributed by atoms with van der Waals surface area (Å²) >= 11 is 0. The molecule has 0 bridgehead atoms. The average molecular weight is 276 g/mol. The van der Waals surface area contributed by atoms with Crippen LogP contribution in [0.3, 0.4) is 0 Å². The Kier molecular flexibility index (Phi) is 5.41. The number of nitrogens with zero attached hydrogens (tertiary/aromatic N) is 1. The highest BCUT2D eigenvalue weighted by Gasteiger charge is 2.22. The van der Waals surface area contributed by atoms with Crippen LogP contribution in [0.25, 0.3) is 0 Å². The fourth-order valence-electron chi connectivity index (χ4n) is 2.60. The third-order valence-corrected chi connectivity index (χ3v) is 3.70. The SMILES string of the molecule is CCOc1ccccc1CCC(=O)N1CCNC[C@@H]1C. The normalized spacial score (nSPS) is 18.9. The average Bonchev–Trinajstić information content (AvgIpc) is 2.47. The summed E-state index contributed by atoms with van der Waals surface area (Å²) in [5.74, 6) is 1.14. The Labute approximate surface area is 121 Å². The number of benzene rings is 1. The van der Waals surface area contributed by atoms with Gasteiger partial charge in [0.05, 0.1) is 6.61 Å². The molecule has 0 unspecified atom stereocenters. The van der Waals surface area contributed by atoms with E-state index in [2.05, 4.69) is 12.2 Å². The highest BCUT2D eigenvalue weighted by atomic mass is 16.5. The number of nitrogens with one attached hydrogen (secondary N) is 1. The van der Waals surface area contributed by atoms with E-state index in [1.807, 2.05) is 36.1 Å². The Bertz CT molecular complexity index is 448. The smallest absolute Gasteiger partial charge is 0.223 e. The highest BCUT2D eigenvalue weighted by Crippen LogP contribution is 2.20. The Morgan fingerprint density at radius 3 is 3.00 bits per heavy atom. The predicted molar refractivity (Wildman–Crippen MR) is 80.0 cm³/mol. The lowest BCUT2D eigenvalue weighted by atomic mass is 10.1. The van der Waals surface area contributed by atoms with E-state index in [0.29, 0.717) is 19.1 Å². The molecule has 1 aliphatic heterocycles. The van der Waals surface area contributed by atoms with Crippen LogP contribution in [0.2, 0.25) is 0 Å². The number of carbonyl (C=O) groups is 1. The van der Waals surface area contributed by atoms with Crippen molar-refractivity contribution in [1.82, 2.24) is 10.2 Å². The molecule has 1 aromatic rings. The molecule has 1 aromatic carbocycles. The number of ether oxygens (including phenoxy) is 1. The Balaban J connectivity index is 1.92. The monoisotopic (exact) mass is 276 g/mol. The standard InChI is InChI=1S/C16H24N2O2/c1-3-20-15-7-5-4-6-14(15)8-9-16(19)18-11-10-17-12-13(18)2/h4-7,13,17H,3,8-12H2,1-2H3/t13-/m0/s1. The first-order chi connectivity index (χ1) is 9.72. The molecule has 1 amide bonds. The van der Waals surface area contributed by atoms with E-state index in [0.717, 1.165) is 37.4 Å². The Morgan fingerprint density at radius 2 is 2.25 bits per heavy atom. The molecule has 0 spiro atoms. The van der Waals surface area contributed by atoms with Crippen LogP contribution in [0.1, 0.15) is 25.8 Å². The molecule has 1 saturated heterocycles. The minimum atomic E-state index is 0.241. The van der Waals surface area contributed by atoms with E-state index >= 15 is 0 Å². The molecule has 0 saturated carbocycles. The zero-order valence-corrected chi connectivity index (χ0v) is 12.4. The number of carbonyl (C=O) groups excluding carboxylic acids is 1. The molecule has 1 aliphatic rings. The van der Waals surface area contributed by atoms with E-state index in [4.69, 9.17) is 4.74 Å². The minimum Gasteiger partial charge on any atom is -0.494 e. The summed E-state index contributed by atoms with van der Waals surface area (Å²) in [6.07, 6.45) is 1.29. The van der Waals surface area contributed by atoms with Gasteiger partial charge in [0.2, 0.25) is 5.91 Å². The topological polar surface area (TPSA) is 41.6 Å². The summed E-state index contributed by atoms with van der Waals surface area (Å²) in [5.41, 5.74) is 1.12. The summed E-state index contributed by atoms with van der Waals surface area (Å²) < 4.78 is 5.60. The Morgan fingerprint density at radius 1 is 1.45 bits per heavy atom. The van der Waals surface area contributed by atoms with Crippen LogP contribution in [0.4, 0.5) is 0 Å². The van der Waals surface area contributed by atoms with Gasteiger partial charge in [-0.1, -0.05) is 18.2 Å². The molecule has 1 fully saturated rings. The molecule has 1 atom stereocenters. The fraction of sp³-hybridized carbons (Fsp3) is 0.562. The summed E-state index contributed by atoms with van der Waals surface area (Å²) in [5, 5.41) is 3.31. The van der Waals surface area contributed by atoms with Gasteiger partial charge >= 0.3 is 0 Å².